The zero-order valence-electron chi connectivity index (χ0n) is 28.2. The normalized spacial score (nSPS) is 45.3. The van der Waals surface area contributed by atoms with Gasteiger partial charge in [0.1, 0.15) is 0 Å². The van der Waals surface area contributed by atoms with E-state index in [0.29, 0.717) is 41.7 Å². The van der Waals surface area contributed by atoms with Gasteiger partial charge >= 0.3 is 0 Å². The van der Waals surface area contributed by atoms with Crippen molar-refractivity contribution in [1.82, 2.24) is 9.80 Å². The lowest BCUT2D eigenvalue weighted by molar-refractivity contribution is -0.0961. The van der Waals surface area contributed by atoms with Crippen molar-refractivity contribution in [1.29, 1.82) is 0 Å². The molecule has 3 aliphatic heterocycles. The Morgan fingerprint density at radius 2 is 1.42 bits per heavy atom. The maximum Gasteiger partial charge on any atom is 0.198 e. The smallest absolute Gasteiger partial charge is 0.198 e. The van der Waals surface area contributed by atoms with Crippen LogP contribution in [0.2, 0.25) is 11.6 Å². The molecular weight excluding hydrogens is 521 g/mol. The molecule has 3 heterocycles. The summed E-state index contributed by atoms with van der Waals surface area (Å²) in [6, 6.07) is 10.6. The third-order valence-corrected chi connectivity index (χ3v) is 15.8. The van der Waals surface area contributed by atoms with Gasteiger partial charge in [-0.05, 0) is 99.0 Å². The Morgan fingerprint density at radius 1 is 0.721 bits per heavy atom. The Balaban J connectivity index is 1.24. The first-order chi connectivity index (χ1) is 20.7. The molecule has 0 N–H and O–H groups in total. The lowest BCUT2D eigenvalue weighted by Crippen LogP contribution is -2.77. The van der Waals surface area contributed by atoms with E-state index in [4.69, 9.17) is 4.99 Å². The summed E-state index contributed by atoms with van der Waals surface area (Å²) in [6.07, 6.45) is 18.4. The van der Waals surface area contributed by atoms with Crippen LogP contribution in [0, 0.1) is 48.3 Å². The van der Waals surface area contributed by atoms with Gasteiger partial charge in [0.05, 0.1) is 12.1 Å². The zero-order valence-corrected chi connectivity index (χ0v) is 28.2. The van der Waals surface area contributed by atoms with E-state index in [1.807, 2.05) is 0 Å². The quantitative estimate of drug-likeness (QED) is 0.312. The number of hydrogen-bond donors (Lipinski definition) is 0. The molecule has 8 aliphatic rings. The second-order valence-corrected chi connectivity index (χ2v) is 18.5. The summed E-state index contributed by atoms with van der Waals surface area (Å²) in [5, 5.41) is 0. The van der Waals surface area contributed by atoms with Crippen LogP contribution in [-0.4, -0.2) is 52.7 Å². The van der Waals surface area contributed by atoms with Crippen LogP contribution in [0.4, 0.5) is 0 Å². The molecule has 0 bridgehead atoms. The molecule has 2 saturated heterocycles. The van der Waals surface area contributed by atoms with Crippen molar-refractivity contribution >= 4 is 18.1 Å². The third kappa shape index (κ3) is 3.82. The molecule has 1 aromatic carbocycles. The predicted molar refractivity (Wildman–Crippen MR) is 180 cm³/mol. The van der Waals surface area contributed by atoms with Crippen molar-refractivity contribution in [2.45, 2.75) is 167 Å². The van der Waals surface area contributed by atoms with Gasteiger partial charge in [-0.3, -0.25) is 0 Å². The molecule has 3 nitrogen and oxygen atoms in total. The number of aryl methyl sites for hydroxylation is 2. The average Bonchev–Trinajstić information content (AvgIpc) is 3.38. The summed E-state index contributed by atoms with van der Waals surface area (Å²) < 4.78 is 0. The SMILES string of the molecule is Cc1cccc(C)c1B1C2CC3C(CC2N2C4=NC5CCCCC5N4C4CCCC5CCC1C2C54)C(C)(C)CCC3(C)C. The summed E-state index contributed by atoms with van der Waals surface area (Å²) in [7, 11) is 0. The Kier molecular flexibility index (Phi) is 6.17. The molecule has 11 atom stereocenters. The first-order valence-electron chi connectivity index (χ1n) is 18.9. The molecule has 43 heavy (non-hydrogen) atoms. The van der Waals surface area contributed by atoms with Crippen LogP contribution in [0.5, 0.6) is 0 Å². The van der Waals surface area contributed by atoms with Gasteiger partial charge in [0.15, 0.2) is 12.7 Å². The highest BCUT2D eigenvalue weighted by Crippen LogP contribution is 2.66. The van der Waals surface area contributed by atoms with Crippen molar-refractivity contribution in [3.05, 3.63) is 29.3 Å². The van der Waals surface area contributed by atoms with Crippen molar-refractivity contribution in [2.75, 3.05) is 0 Å². The first kappa shape index (κ1) is 27.8. The van der Waals surface area contributed by atoms with Crippen LogP contribution in [0.15, 0.2) is 23.2 Å². The third-order valence-electron chi connectivity index (χ3n) is 15.8. The van der Waals surface area contributed by atoms with Gasteiger partial charge < -0.3 is 9.80 Å². The largest absolute Gasteiger partial charge is 0.337 e. The van der Waals surface area contributed by atoms with Crippen LogP contribution in [0.3, 0.4) is 0 Å². The Morgan fingerprint density at radius 3 is 2.19 bits per heavy atom. The number of hydrogen-bond acceptors (Lipinski definition) is 3. The molecule has 7 fully saturated rings. The molecule has 232 valence electrons. The number of nitrogens with zero attached hydrogens (tertiary/aromatic N) is 3. The maximum absolute atomic E-state index is 5.85. The molecular formula is C39H58BN3. The Labute approximate surface area is 263 Å². The highest BCUT2D eigenvalue weighted by Gasteiger charge is 2.67. The van der Waals surface area contributed by atoms with E-state index in [1.54, 1.807) is 16.6 Å². The minimum absolute atomic E-state index is 0.444. The van der Waals surface area contributed by atoms with Crippen molar-refractivity contribution < 1.29 is 0 Å². The van der Waals surface area contributed by atoms with Gasteiger partial charge in [-0.25, -0.2) is 4.99 Å². The minimum atomic E-state index is 0.444. The fraction of sp³-hybridized carbons (Fsp3) is 0.821. The van der Waals surface area contributed by atoms with Crippen molar-refractivity contribution in [2.24, 2.45) is 39.5 Å². The fourth-order valence-electron chi connectivity index (χ4n) is 13.9. The molecule has 0 amide bonds. The highest BCUT2D eigenvalue weighted by molar-refractivity contribution is 6.77. The van der Waals surface area contributed by atoms with Gasteiger partial charge in [0.2, 0.25) is 0 Å². The molecule has 9 rings (SSSR count). The van der Waals surface area contributed by atoms with Crippen LogP contribution < -0.4 is 5.46 Å². The summed E-state index contributed by atoms with van der Waals surface area (Å²) in [5.41, 5.74) is 5.81. The topological polar surface area (TPSA) is 18.8 Å². The maximum atomic E-state index is 5.85. The summed E-state index contributed by atoms with van der Waals surface area (Å²) in [5.74, 6) is 6.52. The van der Waals surface area contributed by atoms with E-state index < -0.39 is 0 Å². The second kappa shape index (κ2) is 9.54. The number of benzene rings is 1. The molecule has 1 aromatic rings. The number of guanidine groups is 1. The zero-order chi connectivity index (χ0) is 29.4. The summed E-state index contributed by atoms with van der Waals surface area (Å²) in [4.78, 5) is 12.1. The van der Waals surface area contributed by atoms with Crippen molar-refractivity contribution in [3.8, 4) is 0 Å². The molecule has 5 aliphatic carbocycles. The Hall–Kier alpha value is -1.45. The lowest BCUT2D eigenvalue weighted by atomic mass is 9.21. The van der Waals surface area contributed by atoms with E-state index in [-0.39, 0.29) is 0 Å². The second-order valence-electron chi connectivity index (χ2n) is 18.5. The van der Waals surface area contributed by atoms with Gasteiger partial charge in [0, 0.05) is 24.0 Å². The van der Waals surface area contributed by atoms with Crippen molar-refractivity contribution in [3.63, 3.8) is 0 Å². The molecule has 4 heteroatoms. The van der Waals surface area contributed by atoms with E-state index in [1.165, 1.54) is 89.4 Å². The standard InChI is InChI=1S/C39H58BN3/c1-23-11-9-12-24(2)35(23)40-28-18-17-25-13-10-16-32-34(25)36(28)43(37-41-30-14-7-8-15-31(30)42(32)37)33-22-27-26(21-29(33)40)38(3,4)19-20-39(27,5)6/h9,11-12,25-34,36H,7-8,10,13-22H2,1-6H3. The minimum Gasteiger partial charge on any atom is -0.337 e. The predicted octanol–water partition coefficient (Wildman–Crippen LogP) is 8.25. The monoisotopic (exact) mass is 579 g/mol. The van der Waals surface area contributed by atoms with E-state index in [2.05, 4.69) is 69.5 Å². The van der Waals surface area contributed by atoms with Gasteiger partial charge in [0.25, 0.3) is 0 Å². The highest BCUT2D eigenvalue weighted by atomic mass is 15.5. The van der Waals surface area contributed by atoms with Gasteiger partial charge in [-0.1, -0.05) is 101 Å². The van der Waals surface area contributed by atoms with Crippen LogP contribution >= 0.6 is 0 Å². The van der Waals surface area contributed by atoms with Crippen LogP contribution in [-0.2, 0) is 0 Å². The van der Waals surface area contributed by atoms with E-state index in [0.717, 1.165) is 41.3 Å². The van der Waals surface area contributed by atoms with Gasteiger partial charge in [-0.15, -0.1) is 0 Å². The molecule has 11 unspecified atom stereocenters. The lowest BCUT2D eigenvalue weighted by Gasteiger charge is -2.70. The molecule has 0 aromatic heterocycles. The first-order valence-corrected chi connectivity index (χ1v) is 18.9. The number of rotatable bonds is 1. The van der Waals surface area contributed by atoms with E-state index >= 15 is 0 Å². The molecule has 0 spiro atoms. The molecule has 0 radical (unpaired) electrons. The molecule has 5 saturated carbocycles. The van der Waals surface area contributed by atoms with Crippen LogP contribution in [0.25, 0.3) is 0 Å². The Bertz CT molecular complexity index is 1300. The summed E-state index contributed by atoms with van der Waals surface area (Å²) >= 11 is 0. The number of fused-ring (bicyclic) bond motifs is 8. The number of aliphatic imine (C=N–C) groups is 1. The fourth-order valence-corrected chi connectivity index (χ4v) is 13.9. The average molecular weight is 580 g/mol. The summed E-state index contributed by atoms with van der Waals surface area (Å²) in [6.45, 7) is 16.2. The van der Waals surface area contributed by atoms with Gasteiger partial charge in [-0.2, -0.15) is 0 Å². The van der Waals surface area contributed by atoms with Crippen LogP contribution in [0.1, 0.15) is 122 Å². The van der Waals surface area contributed by atoms with E-state index in [9.17, 15) is 0 Å².